The van der Waals surface area contributed by atoms with E-state index in [1.165, 1.54) is 12.1 Å². The molecule has 1 aromatic carbocycles. The molecular formula is C11H8O6. The second kappa shape index (κ2) is 3.06. The van der Waals surface area contributed by atoms with Crippen LogP contribution < -0.4 is 0 Å². The number of aromatic carboxylic acids is 2. The Morgan fingerprint density at radius 1 is 1.24 bits per heavy atom. The number of ether oxygens (including phenoxy) is 2. The second-order valence-electron chi connectivity index (χ2n) is 4.01. The minimum absolute atomic E-state index is 0.195. The Bertz CT molecular complexity index is 529. The van der Waals surface area contributed by atoms with Gasteiger partial charge in [-0.25, -0.2) is 9.59 Å². The minimum atomic E-state index is -1.26. The van der Waals surface area contributed by atoms with Gasteiger partial charge in [-0.3, -0.25) is 0 Å². The van der Waals surface area contributed by atoms with E-state index in [2.05, 4.69) is 0 Å². The van der Waals surface area contributed by atoms with Crippen LogP contribution in [-0.2, 0) is 15.9 Å². The van der Waals surface area contributed by atoms with Crippen molar-refractivity contribution in [1.29, 1.82) is 0 Å². The van der Waals surface area contributed by atoms with Crippen LogP contribution in [-0.4, -0.2) is 34.2 Å². The fourth-order valence-corrected chi connectivity index (χ4v) is 1.91. The first kappa shape index (κ1) is 10.2. The van der Waals surface area contributed by atoms with E-state index in [9.17, 15) is 9.59 Å². The van der Waals surface area contributed by atoms with E-state index in [-0.39, 0.29) is 23.8 Å². The predicted molar refractivity (Wildman–Crippen MR) is 52.8 cm³/mol. The van der Waals surface area contributed by atoms with Crippen LogP contribution in [0.1, 0.15) is 26.3 Å². The van der Waals surface area contributed by atoms with E-state index >= 15 is 0 Å². The van der Waals surface area contributed by atoms with Crippen LogP contribution in [0.15, 0.2) is 18.2 Å². The van der Waals surface area contributed by atoms with E-state index in [0.717, 1.165) is 0 Å². The first-order valence-electron chi connectivity index (χ1n) is 4.97. The molecule has 2 aliphatic heterocycles. The molecule has 2 saturated heterocycles. The van der Waals surface area contributed by atoms with Crippen LogP contribution in [0.3, 0.4) is 0 Å². The van der Waals surface area contributed by atoms with Crippen LogP contribution in [0.2, 0.25) is 0 Å². The number of benzene rings is 1. The third-order valence-electron chi connectivity index (χ3n) is 2.89. The Labute approximate surface area is 95.4 Å². The molecule has 0 amide bonds. The van der Waals surface area contributed by atoms with Gasteiger partial charge in [-0.05, 0) is 11.6 Å². The van der Waals surface area contributed by atoms with Crippen molar-refractivity contribution >= 4 is 11.9 Å². The molecule has 0 aromatic heterocycles. The van der Waals surface area contributed by atoms with Gasteiger partial charge in [-0.15, -0.1) is 0 Å². The van der Waals surface area contributed by atoms with Gasteiger partial charge < -0.3 is 19.7 Å². The molecule has 17 heavy (non-hydrogen) atoms. The highest BCUT2D eigenvalue weighted by Crippen LogP contribution is 2.58. The molecule has 3 rings (SSSR count). The summed E-state index contributed by atoms with van der Waals surface area (Å²) in [6, 6.07) is 4.36. The zero-order valence-corrected chi connectivity index (χ0v) is 8.54. The van der Waals surface area contributed by atoms with Crippen LogP contribution >= 0.6 is 0 Å². The van der Waals surface area contributed by atoms with E-state index in [1.807, 2.05) is 0 Å². The average molecular weight is 236 g/mol. The molecule has 2 aliphatic rings. The fourth-order valence-electron chi connectivity index (χ4n) is 1.91. The minimum Gasteiger partial charge on any atom is -0.478 e. The Hall–Kier alpha value is -1.92. The monoisotopic (exact) mass is 236 g/mol. The molecule has 0 radical (unpaired) electrons. The summed E-state index contributed by atoms with van der Waals surface area (Å²) in [5.74, 6) is -3.19. The van der Waals surface area contributed by atoms with Crippen molar-refractivity contribution in [2.24, 2.45) is 0 Å². The molecule has 0 spiro atoms. The lowest BCUT2D eigenvalue weighted by atomic mass is 9.97. The van der Waals surface area contributed by atoms with Gasteiger partial charge in [0.1, 0.15) is 0 Å². The maximum absolute atomic E-state index is 11.1. The lowest BCUT2D eigenvalue weighted by molar-refractivity contribution is -0.0493. The Morgan fingerprint density at radius 2 is 1.88 bits per heavy atom. The number of carboxylic acid groups (broad SMARTS) is 2. The van der Waals surface area contributed by atoms with Crippen molar-refractivity contribution in [2.75, 3.05) is 0 Å². The van der Waals surface area contributed by atoms with Gasteiger partial charge in [0, 0.05) is 6.42 Å². The van der Waals surface area contributed by atoms with Gasteiger partial charge in [0.25, 0.3) is 0 Å². The Balaban J connectivity index is 2.03. The third-order valence-corrected chi connectivity index (χ3v) is 2.89. The van der Waals surface area contributed by atoms with E-state index < -0.39 is 17.7 Å². The van der Waals surface area contributed by atoms with Gasteiger partial charge in [-0.2, -0.15) is 0 Å². The van der Waals surface area contributed by atoms with E-state index in [1.54, 1.807) is 6.07 Å². The van der Waals surface area contributed by atoms with Crippen molar-refractivity contribution in [1.82, 2.24) is 0 Å². The summed E-state index contributed by atoms with van der Waals surface area (Å²) in [5, 5.41) is 18.0. The third kappa shape index (κ3) is 1.49. The summed E-state index contributed by atoms with van der Waals surface area (Å²) in [4.78, 5) is 22.1. The molecule has 0 saturated carbocycles. The topological polar surface area (TPSA) is 99.7 Å². The largest absolute Gasteiger partial charge is 0.478 e. The molecular weight excluding hydrogens is 228 g/mol. The van der Waals surface area contributed by atoms with E-state index in [0.29, 0.717) is 5.56 Å². The maximum Gasteiger partial charge on any atom is 0.336 e. The SMILES string of the molecule is O=C(O)c1cccc(CC23OC2O3)c1C(=O)O. The van der Waals surface area contributed by atoms with Crippen molar-refractivity contribution in [3.05, 3.63) is 34.9 Å². The summed E-state index contributed by atoms with van der Waals surface area (Å²) in [7, 11) is 0. The Morgan fingerprint density at radius 3 is 2.35 bits per heavy atom. The summed E-state index contributed by atoms with van der Waals surface area (Å²) < 4.78 is 10.1. The van der Waals surface area contributed by atoms with Crippen molar-refractivity contribution in [2.45, 2.75) is 18.5 Å². The number of epoxide rings is 2. The summed E-state index contributed by atoms with van der Waals surface area (Å²) in [6.07, 6.45) is 0.0260. The quantitative estimate of drug-likeness (QED) is 0.747. The number of hydrogen-bond acceptors (Lipinski definition) is 4. The highest BCUT2D eigenvalue weighted by Gasteiger charge is 2.76. The average Bonchev–Trinajstić information content (AvgIpc) is 3.06. The lowest BCUT2D eigenvalue weighted by Gasteiger charge is -2.08. The molecule has 0 atom stereocenters. The van der Waals surface area contributed by atoms with Crippen molar-refractivity contribution < 1.29 is 29.3 Å². The van der Waals surface area contributed by atoms with Gasteiger partial charge >= 0.3 is 11.9 Å². The zero-order chi connectivity index (χ0) is 12.2. The number of fused-ring (bicyclic) bond motifs is 1. The normalized spacial score (nSPS) is 28.4. The number of carbonyl (C=O) groups is 2. The highest BCUT2D eigenvalue weighted by molar-refractivity contribution is 6.02. The van der Waals surface area contributed by atoms with Crippen LogP contribution in [0.4, 0.5) is 0 Å². The summed E-state index contributed by atoms with van der Waals surface area (Å²) >= 11 is 0. The molecule has 0 aliphatic carbocycles. The lowest BCUT2D eigenvalue weighted by Crippen LogP contribution is -2.14. The molecule has 0 unspecified atom stereocenters. The van der Waals surface area contributed by atoms with E-state index in [4.69, 9.17) is 19.7 Å². The first-order valence-corrected chi connectivity index (χ1v) is 4.97. The molecule has 2 N–H and O–H groups in total. The van der Waals surface area contributed by atoms with Crippen LogP contribution in [0, 0.1) is 0 Å². The molecule has 1 aromatic rings. The fraction of sp³-hybridized carbons (Fsp3) is 0.273. The molecule has 0 bridgehead atoms. The maximum atomic E-state index is 11.1. The second-order valence-corrected chi connectivity index (χ2v) is 4.01. The smallest absolute Gasteiger partial charge is 0.336 e. The highest BCUT2D eigenvalue weighted by atomic mass is 17.0. The first-order chi connectivity index (χ1) is 8.03. The number of carboxylic acids is 2. The standard InChI is InChI=1S/C11H8O6/c12-8(13)6-3-1-2-5(7(6)9(14)15)4-11-10(16-11)17-11/h1-3,10H,4H2,(H,12,13)(H,14,15). The van der Waals surface area contributed by atoms with Gasteiger partial charge in [0.15, 0.2) is 0 Å². The van der Waals surface area contributed by atoms with Crippen LogP contribution in [0.25, 0.3) is 0 Å². The van der Waals surface area contributed by atoms with Crippen molar-refractivity contribution in [3.8, 4) is 0 Å². The molecule has 6 nitrogen and oxygen atoms in total. The zero-order valence-electron chi connectivity index (χ0n) is 8.54. The Kier molecular flexibility index (Phi) is 1.84. The molecule has 2 heterocycles. The summed E-state index contributed by atoms with van der Waals surface area (Å²) in [6.45, 7) is 0. The summed E-state index contributed by atoms with van der Waals surface area (Å²) in [5.41, 5.74) is 0.000718. The van der Waals surface area contributed by atoms with Gasteiger partial charge in [0.05, 0.1) is 11.1 Å². The number of rotatable bonds is 4. The van der Waals surface area contributed by atoms with Gasteiger partial charge in [-0.1, -0.05) is 12.1 Å². The number of hydrogen-bond donors (Lipinski definition) is 2. The van der Waals surface area contributed by atoms with Crippen LogP contribution in [0.5, 0.6) is 0 Å². The molecule has 88 valence electrons. The molecule has 6 heteroatoms. The molecule has 2 fully saturated rings. The van der Waals surface area contributed by atoms with Gasteiger partial charge in [0.2, 0.25) is 12.1 Å². The van der Waals surface area contributed by atoms with Crippen molar-refractivity contribution in [3.63, 3.8) is 0 Å². The predicted octanol–water partition coefficient (Wildman–Crippen LogP) is 0.708.